The van der Waals surface area contributed by atoms with Gasteiger partial charge in [0.2, 0.25) is 0 Å². The fraction of sp³-hybridized carbons (Fsp3) is 0.857. The Bertz CT molecular complexity index is 276. The fourth-order valence-corrected chi connectivity index (χ4v) is 4.77. The van der Waals surface area contributed by atoms with Crippen molar-refractivity contribution < 1.29 is 0 Å². The van der Waals surface area contributed by atoms with Crippen molar-refractivity contribution in [2.75, 3.05) is 0 Å². The standard InChI is InChI=1S/C14H22/c1-9(2)11-5-4-7-14-8-6-10(3)12(14)13(11)14/h9,11-13H,3-8H2,1-2H3. The van der Waals surface area contributed by atoms with Crippen LogP contribution in [0.25, 0.3) is 0 Å². The number of hydrogen-bond acceptors (Lipinski definition) is 0. The Balaban J connectivity index is 1.87. The van der Waals surface area contributed by atoms with Crippen LogP contribution in [-0.4, -0.2) is 0 Å². The highest BCUT2D eigenvalue weighted by Gasteiger charge is 2.70. The average molecular weight is 190 g/mol. The van der Waals surface area contributed by atoms with E-state index in [-0.39, 0.29) is 0 Å². The molecule has 3 rings (SSSR count). The van der Waals surface area contributed by atoms with Gasteiger partial charge in [-0.05, 0) is 54.8 Å². The second-order valence-corrected chi connectivity index (χ2v) is 6.19. The summed E-state index contributed by atoms with van der Waals surface area (Å²) in [5.41, 5.74) is 2.38. The van der Waals surface area contributed by atoms with E-state index < -0.39 is 0 Å². The van der Waals surface area contributed by atoms with E-state index in [4.69, 9.17) is 0 Å². The predicted octanol–water partition coefficient (Wildman–Crippen LogP) is 4.02. The fourth-order valence-electron chi connectivity index (χ4n) is 4.77. The maximum atomic E-state index is 4.29. The molecule has 0 amide bonds. The Labute approximate surface area is 87.8 Å². The molecule has 0 nitrogen and oxygen atoms in total. The van der Waals surface area contributed by atoms with Gasteiger partial charge in [-0.3, -0.25) is 0 Å². The summed E-state index contributed by atoms with van der Waals surface area (Å²) in [6.07, 6.45) is 7.32. The zero-order chi connectivity index (χ0) is 9.92. The van der Waals surface area contributed by atoms with Crippen LogP contribution in [0, 0.1) is 29.1 Å². The highest BCUT2D eigenvalue weighted by atomic mass is 14.7. The second-order valence-electron chi connectivity index (χ2n) is 6.19. The molecule has 14 heavy (non-hydrogen) atoms. The molecule has 1 spiro atoms. The van der Waals surface area contributed by atoms with Crippen molar-refractivity contribution in [3.05, 3.63) is 12.2 Å². The quantitative estimate of drug-likeness (QED) is 0.548. The molecule has 0 saturated heterocycles. The molecule has 78 valence electrons. The summed E-state index contributed by atoms with van der Waals surface area (Å²) in [6.45, 7) is 9.12. The van der Waals surface area contributed by atoms with E-state index in [0.717, 1.165) is 29.1 Å². The summed E-state index contributed by atoms with van der Waals surface area (Å²) in [4.78, 5) is 0. The molecule has 0 radical (unpaired) electrons. The third-order valence-electron chi connectivity index (χ3n) is 5.38. The van der Waals surface area contributed by atoms with E-state index in [1.807, 2.05) is 0 Å². The van der Waals surface area contributed by atoms with E-state index in [2.05, 4.69) is 20.4 Å². The van der Waals surface area contributed by atoms with Crippen LogP contribution in [0.3, 0.4) is 0 Å². The highest BCUT2D eigenvalue weighted by molar-refractivity contribution is 5.31. The van der Waals surface area contributed by atoms with Gasteiger partial charge < -0.3 is 0 Å². The van der Waals surface area contributed by atoms with Crippen LogP contribution in [0.15, 0.2) is 12.2 Å². The normalized spacial score (nSPS) is 50.5. The maximum Gasteiger partial charge on any atom is -0.0110 e. The minimum absolute atomic E-state index is 0.782. The third kappa shape index (κ3) is 0.902. The Hall–Kier alpha value is -0.260. The molecule has 3 saturated carbocycles. The smallest absolute Gasteiger partial charge is 0.0110 e. The first-order valence-corrected chi connectivity index (χ1v) is 6.34. The molecular formula is C14H22. The molecule has 0 heterocycles. The first kappa shape index (κ1) is 9.00. The zero-order valence-electron chi connectivity index (χ0n) is 9.55. The lowest BCUT2D eigenvalue weighted by Gasteiger charge is -2.30. The van der Waals surface area contributed by atoms with Gasteiger partial charge in [-0.2, -0.15) is 0 Å². The SMILES string of the molecule is C=C1CCC23CCCC(C(C)C)C2C13. The van der Waals surface area contributed by atoms with Crippen LogP contribution in [0.2, 0.25) is 0 Å². The number of allylic oxidation sites excluding steroid dienone is 1. The monoisotopic (exact) mass is 190 g/mol. The number of hydrogen-bond donors (Lipinski definition) is 0. The third-order valence-corrected chi connectivity index (χ3v) is 5.38. The molecule has 0 aromatic carbocycles. The topological polar surface area (TPSA) is 0 Å². The molecule has 0 heteroatoms. The van der Waals surface area contributed by atoms with E-state index >= 15 is 0 Å². The van der Waals surface area contributed by atoms with E-state index in [0.29, 0.717) is 0 Å². The van der Waals surface area contributed by atoms with Crippen LogP contribution in [-0.2, 0) is 0 Å². The Kier molecular flexibility index (Phi) is 1.70. The molecule has 0 aliphatic heterocycles. The average Bonchev–Trinajstić information content (AvgIpc) is 2.73. The molecular weight excluding hydrogens is 168 g/mol. The minimum atomic E-state index is 0.782. The van der Waals surface area contributed by atoms with Gasteiger partial charge in [0.15, 0.2) is 0 Å². The van der Waals surface area contributed by atoms with Crippen molar-refractivity contribution >= 4 is 0 Å². The molecule has 0 N–H and O–H groups in total. The van der Waals surface area contributed by atoms with Crippen LogP contribution in [0.4, 0.5) is 0 Å². The lowest BCUT2D eigenvalue weighted by molar-refractivity contribution is 0.197. The summed E-state index contributed by atoms with van der Waals surface area (Å²) in [6, 6.07) is 0. The van der Waals surface area contributed by atoms with Gasteiger partial charge >= 0.3 is 0 Å². The van der Waals surface area contributed by atoms with Gasteiger partial charge in [0, 0.05) is 0 Å². The van der Waals surface area contributed by atoms with E-state index in [1.54, 1.807) is 5.57 Å². The molecule has 3 aliphatic rings. The first-order valence-electron chi connectivity index (χ1n) is 6.34. The molecule has 4 unspecified atom stereocenters. The summed E-state index contributed by atoms with van der Waals surface area (Å²) >= 11 is 0. The number of fused-ring (bicyclic) bond motifs is 1. The van der Waals surface area contributed by atoms with Gasteiger partial charge in [-0.1, -0.05) is 32.4 Å². The Morgan fingerprint density at radius 3 is 2.86 bits per heavy atom. The van der Waals surface area contributed by atoms with Crippen LogP contribution in [0.5, 0.6) is 0 Å². The molecule has 0 aromatic heterocycles. The van der Waals surface area contributed by atoms with Crippen LogP contribution >= 0.6 is 0 Å². The van der Waals surface area contributed by atoms with Crippen molar-refractivity contribution in [3.63, 3.8) is 0 Å². The second kappa shape index (κ2) is 2.65. The summed E-state index contributed by atoms with van der Waals surface area (Å²) in [5, 5.41) is 0. The number of rotatable bonds is 1. The molecule has 0 bridgehead atoms. The van der Waals surface area contributed by atoms with Crippen molar-refractivity contribution in [3.8, 4) is 0 Å². The van der Waals surface area contributed by atoms with Crippen molar-refractivity contribution in [2.45, 2.75) is 46.0 Å². The van der Waals surface area contributed by atoms with E-state index in [1.165, 1.54) is 32.1 Å². The minimum Gasteiger partial charge on any atom is -0.0995 e. The molecule has 3 aliphatic carbocycles. The largest absolute Gasteiger partial charge is 0.0995 e. The van der Waals surface area contributed by atoms with Crippen molar-refractivity contribution in [2.24, 2.45) is 29.1 Å². The maximum absolute atomic E-state index is 4.29. The van der Waals surface area contributed by atoms with Gasteiger partial charge in [0.05, 0.1) is 0 Å². The summed E-state index contributed by atoms with van der Waals surface area (Å²) in [7, 11) is 0. The van der Waals surface area contributed by atoms with Gasteiger partial charge in [-0.25, -0.2) is 0 Å². The van der Waals surface area contributed by atoms with E-state index in [9.17, 15) is 0 Å². The Morgan fingerprint density at radius 2 is 2.14 bits per heavy atom. The lowest BCUT2D eigenvalue weighted by Crippen LogP contribution is -2.21. The van der Waals surface area contributed by atoms with Gasteiger partial charge in [-0.15, -0.1) is 0 Å². The molecule has 3 fully saturated rings. The lowest BCUT2D eigenvalue weighted by atomic mass is 9.75. The molecule has 4 atom stereocenters. The predicted molar refractivity (Wildman–Crippen MR) is 60.0 cm³/mol. The zero-order valence-corrected chi connectivity index (χ0v) is 9.55. The highest BCUT2D eigenvalue weighted by Crippen LogP contribution is 2.77. The summed E-state index contributed by atoms with van der Waals surface area (Å²) < 4.78 is 0. The molecule has 0 aromatic rings. The van der Waals surface area contributed by atoms with Crippen molar-refractivity contribution in [1.29, 1.82) is 0 Å². The van der Waals surface area contributed by atoms with Crippen molar-refractivity contribution in [1.82, 2.24) is 0 Å². The summed E-state index contributed by atoms with van der Waals surface area (Å²) in [5.74, 6) is 3.93. The van der Waals surface area contributed by atoms with Crippen LogP contribution in [0.1, 0.15) is 46.0 Å². The van der Waals surface area contributed by atoms with Gasteiger partial charge in [0.25, 0.3) is 0 Å². The Morgan fingerprint density at radius 1 is 1.36 bits per heavy atom. The first-order chi connectivity index (χ1) is 6.67. The van der Waals surface area contributed by atoms with Gasteiger partial charge in [0.1, 0.15) is 0 Å². The van der Waals surface area contributed by atoms with Crippen LogP contribution < -0.4 is 0 Å².